The molecule has 1 aliphatic carbocycles. The van der Waals surface area contributed by atoms with Gasteiger partial charge in [-0.2, -0.15) is 0 Å². The summed E-state index contributed by atoms with van der Waals surface area (Å²) in [7, 11) is 0. The fraction of sp³-hybridized carbons (Fsp3) is 0.462. The third-order valence-corrected chi connectivity index (χ3v) is 3.01. The zero-order valence-electron chi connectivity index (χ0n) is 9.43. The van der Waals surface area contributed by atoms with Crippen LogP contribution in [0.25, 0.3) is 0 Å². The molecule has 90 valence electrons. The lowest BCUT2D eigenvalue weighted by atomic mass is 9.93. The molecule has 0 N–H and O–H groups in total. The summed E-state index contributed by atoms with van der Waals surface area (Å²) in [6.07, 6.45) is 4.80. The summed E-state index contributed by atoms with van der Waals surface area (Å²) in [5.74, 6) is -0.0321. The van der Waals surface area contributed by atoms with Crippen LogP contribution in [0.5, 0.6) is 5.75 Å². The van der Waals surface area contributed by atoms with Crippen LogP contribution >= 0.6 is 0 Å². The Kier molecular flexibility index (Phi) is 3.89. The molecule has 3 nitrogen and oxygen atoms in total. The van der Waals surface area contributed by atoms with Crippen molar-refractivity contribution in [2.24, 2.45) is 4.99 Å². The Balaban J connectivity index is 1.90. The summed E-state index contributed by atoms with van der Waals surface area (Å²) in [6, 6.07) is 6.47. The number of nitrogens with zero attached hydrogens (tertiary/aromatic N) is 1. The van der Waals surface area contributed by atoms with Crippen LogP contribution in [0, 0.1) is 5.82 Å². The lowest BCUT2D eigenvalue weighted by Gasteiger charge is -2.26. The standard InChI is InChI=1S/C13H14FNO2/c14-12-3-1-2-4-13(12)17-11-7-5-10(6-8-11)15-9-16/h1-4,10-11H,5-8H2. The minimum atomic E-state index is -0.333. The van der Waals surface area contributed by atoms with Crippen molar-refractivity contribution in [2.75, 3.05) is 0 Å². The Bertz CT molecular complexity index is 421. The Hall–Kier alpha value is -1.67. The first-order chi connectivity index (χ1) is 8.29. The van der Waals surface area contributed by atoms with Crippen LogP contribution in [-0.4, -0.2) is 18.2 Å². The molecule has 0 unspecified atom stereocenters. The number of hydrogen-bond donors (Lipinski definition) is 0. The molecule has 0 heterocycles. The molecule has 0 amide bonds. The molecule has 2 rings (SSSR count). The lowest BCUT2D eigenvalue weighted by Crippen LogP contribution is -2.26. The van der Waals surface area contributed by atoms with Crippen molar-refractivity contribution in [2.45, 2.75) is 37.8 Å². The highest BCUT2D eigenvalue weighted by molar-refractivity contribution is 5.33. The average Bonchev–Trinajstić information content (AvgIpc) is 2.35. The van der Waals surface area contributed by atoms with Crippen molar-refractivity contribution in [1.82, 2.24) is 0 Å². The molecule has 0 bridgehead atoms. The average molecular weight is 235 g/mol. The number of rotatable bonds is 3. The van der Waals surface area contributed by atoms with Crippen molar-refractivity contribution < 1.29 is 13.9 Å². The summed E-state index contributed by atoms with van der Waals surface area (Å²) >= 11 is 0. The van der Waals surface area contributed by atoms with E-state index >= 15 is 0 Å². The van der Waals surface area contributed by atoms with Crippen LogP contribution in [0.2, 0.25) is 0 Å². The molecule has 1 aromatic carbocycles. The summed E-state index contributed by atoms with van der Waals surface area (Å²) in [6.45, 7) is 0. The molecule has 1 aliphatic rings. The fourth-order valence-electron chi connectivity index (χ4n) is 2.09. The van der Waals surface area contributed by atoms with Gasteiger partial charge in [-0.25, -0.2) is 14.2 Å². The zero-order chi connectivity index (χ0) is 12.1. The van der Waals surface area contributed by atoms with Gasteiger partial charge in [-0.05, 0) is 37.8 Å². The van der Waals surface area contributed by atoms with E-state index in [4.69, 9.17) is 4.74 Å². The molecule has 0 atom stereocenters. The van der Waals surface area contributed by atoms with Gasteiger partial charge in [0.1, 0.15) is 0 Å². The van der Waals surface area contributed by atoms with Gasteiger partial charge in [-0.1, -0.05) is 12.1 Å². The van der Waals surface area contributed by atoms with Gasteiger partial charge in [0, 0.05) is 0 Å². The van der Waals surface area contributed by atoms with Gasteiger partial charge in [0.15, 0.2) is 11.6 Å². The number of isocyanates is 1. The first kappa shape index (κ1) is 11.8. The van der Waals surface area contributed by atoms with Crippen LogP contribution in [0.15, 0.2) is 29.3 Å². The summed E-state index contributed by atoms with van der Waals surface area (Å²) in [5, 5.41) is 0. The number of aliphatic imine (C=N–C) groups is 1. The monoisotopic (exact) mass is 235 g/mol. The molecule has 1 aromatic rings. The van der Waals surface area contributed by atoms with E-state index in [1.807, 2.05) is 0 Å². The topological polar surface area (TPSA) is 38.7 Å². The van der Waals surface area contributed by atoms with E-state index in [0.717, 1.165) is 25.7 Å². The largest absolute Gasteiger partial charge is 0.487 e. The van der Waals surface area contributed by atoms with Crippen molar-refractivity contribution in [3.8, 4) is 5.75 Å². The highest BCUT2D eigenvalue weighted by atomic mass is 19.1. The van der Waals surface area contributed by atoms with Gasteiger partial charge >= 0.3 is 0 Å². The molecule has 1 fully saturated rings. The van der Waals surface area contributed by atoms with Crippen LogP contribution in [0.3, 0.4) is 0 Å². The molecular formula is C13H14FNO2. The predicted molar refractivity (Wildman–Crippen MR) is 61.2 cm³/mol. The Morgan fingerprint density at radius 3 is 2.59 bits per heavy atom. The SMILES string of the molecule is O=C=NC1CCC(Oc2ccccc2F)CC1. The van der Waals surface area contributed by atoms with E-state index in [0.29, 0.717) is 5.75 Å². The fourth-order valence-corrected chi connectivity index (χ4v) is 2.09. The van der Waals surface area contributed by atoms with Crippen LogP contribution in [0.1, 0.15) is 25.7 Å². The minimum absolute atomic E-state index is 0.0185. The molecular weight excluding hydrogens is 221 g/mol. The Labute approximate surface area is 99.3 Å². The molecule has 0 aromatic heterocycles. The molecule has 0 spiro atoms. The highest BCUT2D eigenvalue weighted by Crippen LogP contribution is 2.26. The van der Waals surface area contributed by atoms with Crippen LogP contribution in [0.4, 0.5) is 4.39 Å². The maximum absolute atomic E-state index is 13.3. The molecule has 1 saturated carbocycles. The van der Waals surface area contributed by atoms with Crippen molar-refractivity contribution in [3.05, 3.63) is 30.1 Å². The quantitative estimate of drug-likeness (QED) is 0.597. The van der Waals surface area contributed by atoms with Crippen LogP contribution in [-0.2, 0) is 4.79 Å². The molecule has 0 saturated heterocycles. The second-order valence-electron chi connectivity index (χ2n) is 4.20. The van der Waals surface area contributed by atoms with Crippen molar-refractivity contribution >= 4 is 6.08 Å². The van der Waals surface area contributed by atoms with Gasteiger partial charge in [0.2, 0.25) is 6.08 Å². The molecule has 0 aliphatic heterocycles. The number of halogens is 1. The number of ether oxygens (including phenoxy) is 1. The maximum Gasteiger partial charge on any atom is 0.235 e. The molecule has 4 heteroatoms. The maximum atomic E-state index is 13.3. The second-order valence-corrected chi connectivity index (χ2v) is 4.20. The number of carbonyl (C=O) groups excluding carboxylic acids is 1. The highest BCUT2D eigenvalue weighted by Gasteiger charge is 2.22. The number of benzene rings is 1. The van der Waals surface area contributed by atoms with E-state index in [1.165, 1.54) is 6.07 Å². The van der Waals surface area contributed by atoms with Gasteiger partial charge in [0.05, 0.1) is 12.1 Å². The molecule has 0 radical (unpaired) electrons. The summed E-state index contributed by atoms with van der Waals surface area (Å²) in [4.78, 5) is 13.8. The lowest BCUT2D eigenvalue weighted by molar-refractivity contribution is 0.141. The molecule has 17 heavy (non-hydrogen) atoms. The normalized spacial score (nSPS) is 23.8. The third-order valence-electron chi connectivity index (χ3n) is 3.01. The third kappa shape index (κ3) is 3.14. The predicted octanol–water partition coefficient (Wildman–Crippen LogP) is 2.85. The zero-order valence-corrected chi connectivity index (χ0v) is 9.43. The minimum Gasteiger partial charge on any atom is -0.487 e. The van der Waals surface area contributed by atoms with E-state index in [2.05, 4.69) is 4.99 Å². The van der Waals surface area contributed by atoms with Crippen molar-refractivity contribution in [1.29, 1.82) is 0 Å². The van der Waals surface area contributed by atoms with E-state index in [-0.39, 0.29) is 18.0 Å². The summed E-state index contributed by atoms with van der Waals surface area (Å²) < 4.78 is 18.9. The van der Waals surface area contributed by atoms with Crippen molar-refractivity contribution in [3.63, 3.8) is 0 Å². The Morgan fingerprint density at radius 2 is 1.94 bits per heavy atom. The second kappa shape index (κ2) is 5.60. The smallest absolute Gasteiger partial charge is 0.235 e. The first-order valence-corrected chi connectivity index (χ1v) is 5.78. The van der Waals surface area contributed by atoms with Gasteiger partial charge in [-0.3, -0.25) is 0 Å². The number of para-hydroxylation sites is 1. The summed E-state index contributed by atoms with van der Waals surface area (Å²) in [5.41, 5.74) is 0. The van der Waals surface area contributed by atoms with E-state index in [9.17, 15) is 9.18 Å². The number of hydrogen-bond acceptors (Lipinski definition) is 3. The van der Waals surface area contributed by atoms with E-state index in [1.54, 1.807) is 24.3 Å². The van der Waals surface area contributed by atoms with Gasteiger partial charge in [0.25, 0.3) is 0 Å². The van der Waals surface area contributed by atoms with Gasteiger partial charge in [-0.15, -0.1) is 0 Å². The van der Waals surface area contributed by atoms with E-state index < -0.39 is 0 Å². The van der Waals surface area contributed by atoms with Crippen LogP contribution < -0.4 is 4.74 Å². The Morgan fingerprint density at radius 1 is 1.24 bits per heavy atom. The van der Waals surface area contributed by atoms with Gasteiger partial charge < -0.3 is 4.74 Å². The first-order valence-electron chi connectivity index (χ1n) is 5.78.